The number of carbonyl (C=O) groups excluding carboxylic acids is 2. The lowest BCUT2D eigenvalue weighted by Crippen LogP contribution is -2.57. The van der Waals surface area contributed by atoms with Crippen LogP contribution in [0.15, 0.2) is 58.8 Å². The van der Waals surface area contributed by atoms with Crippen molar-refractivity contribution in [2.24, 2.45) is 11.8 Å². The van der Waals surface area contributed by atoms with Gasteiger partial charge in [-0.05, 0) is 48.9 Å². The van der Waals surface area contributed by atoms with Crippen LogP contribution in [-0.4, -0.2) is 88.9 Å². The molecular formula is C33H43Cl2N5O5S2. The standard InChI is InChI=1S/C33H43Cl2N5O5S2/c1-21(2)17-39(47(44,45)30-12-11-25(34)16-27(30)35)19-29(41)28(15-24-9-7-6-8-10-24)37-32(42)31(22(3)4)40-14-13-38(33(40)43)18-26-20-46-23(5)36-26/h6-12,16,20-22,28-29,31,41H,13-15,17-19H2,1-5H3,(H,37,42)/t28-,29-,31-/m0/s1. The van der Waals surface area contributed by atoms with E-state index in [1.165, 1.54) is 33.8 Å². The van der Waals surface area contributed by atoms with Gasteiger partial charge >= 0.3 is 6.03 Å². The number of nitrogens with zero attached hydrogens (tertiary/aromatic N) is 4. The maximum absolute atomic E-state index is 14.0. The first kappa shape index (κ1) is 37.1. The number of benzene rings is 2. The van der Waals surface area contributed by atoms with E-state index in [1.807, 2.05) is 70.3 Å². The van der Waals surface area contributed by atoms with E-state index in [0.717, 1.165) is 16.3 Å². The van der Waals surface area contributed by atoms with E-state index in [9.17, 15) is 23.1 Å². The molecule has 256 valence electrons. The zero-order valence-electron chi connectivity index (χ0n) is 27.3. The summed E-state index contributed by atoms with van der Waals surface area (Å²) in [6, 6.07) is 11.6. The summed E-state index contributed by atoms with van der Waals surface area (Å²) in [7, 11) is -4.15. The topological polar surface area (TPSA) is 123 Å². The number of hydrogen-bond acceptors (Lipinski definition) is 7. The number of amides is 3. The number of sulfonamides is 1. The zero-order chi connectivity index (χ0) is 34.5. The number of halogens is 2. The van der Waals surface area contributed by atoms with Crippen LogP contribution in [0.5, 0.6) is 0 Å². The van der Waals surface area contributed by atoms with E-state index in [4.69, 9.17) is 23.2 Å². The second-order valence-corrected chi connectivity index (χ2v) is 16.4. The molecule has 4 rings (SSSR count). The van der Waals surface area contributed by atoms with Crippen molar-refractivity contribution in [3.63, 3.8) is 0 Å². The molecular weight excluding hydrogens is 681 g/mol. The molecule has 3 atom stereocenters. The van der Waals surface area contributed by atoms with Crippen molar-refractivity contribution in [2.45, 2.75) is 70.7 Å². The van der Waals surface area contributed by atoms with Gasteiger partial charge in [-0.15, -0.1) is 11.3 Å². The predicted octanol–water partition coefficient (Wildman–Crippen LogP) is 5.46. The highest BCUT2D eigenvalue weighted by Crippen LogP contribution is 2.29. The molecule has 3 aromatic rings. The first-order chi connectivity index (χ1) is 22.2. The van der Waals surface area contributed by atoms with Crippen LogP contribution >= 0.6 is 34.5 Å². The lowest BCUT2D eigenvalue weighted by molar-refractivity contribution is -0.128. The van der Waals surface area contributed by atoms with Gasteiger partial charge in [-0.2, -0.15) is 4.31 Å². The summed E-state index contributed by atoms with van der Waals surface area (Å²) < 4.78 is 28.9. The molecule has 1 aromatic heterocycles. The largest absolute Gasteiger partial charge is 0.390 e. The van der Waals surface area contributed by atoms with Gasteiger partial charge in [0.25, 0.3) is 0 Å². The number of aliphatic hydroxyl groups excluding tert-OH is 1. The second-order valence-electron chi connectivity index (χ2n) is 12.6. The van der Waals surface area contributed by atoms with Crippen LogP contribution in [-0.2, 0) is 27.8 Å². The van der Waals surface area contributed by atoms with Gasteiger partial charge in [-0.25, -0.2) is 18.2 Å². The van der Waals surface area contributed by atoms with Gasteiger partial charge in [-0.3, -0.25) is 4.79 Å². The van der Waals surface area contributed by atoms with Crippen molar-refractivity contribution in [3.8, 4) is 0 Å². The first-order valence-corrected chi connectivity index (χ1v) is 18.7. The average Bonchev–Trinajstić information content (AvgIpc) is 3.56. The summed E-state index contributed by atoms with van der Waals surface area (Å²) in [6.07, 6.45) is -1.07. The summed E-state index contributed by atoms with van der Waals surface area (Å²) in [4.78, 5) is 35.2. The molecule has 0 unspecified atom stereocenters. The Hall–Kier alpha value is -2.74. The Morgan fingerprint density at radius 2 is 1.79 bits per heavy atom. The second kappa shape index (κ2) is 16.1. The summed E-state index contributed by atoms with van der Waals surface area (Å²) >= 11 is 13.9. The fourth-order valence-electron chi connectivity index (χ4n) is 5.74. The molecule has 0 saturated carbocycles. The normalized spacial score (nSPS) is 15.9. The molecule has 1 aliphatic heterocycles. The number of aliphatic hydroxyl groups is 1. The molecule has 2 heterocycles. The minimum absolute atomic E-state index is 0.0242. The number of carbonyl (C=O) groups is 2. The molecule has 1 saturated heterocycles. The van der Waals surface area contributed by atoms with Gasteiger partial charge in [0.15, 0.2) is 0 Å². The van der Waals surface area contributed by atoms with Gasteiger partial charge < -0.3 is 20.2 Å². The Morgan fingerprint density at radius 3 is 2.38 bits per heavy atom. The Bertz CT molecular complexity index is 1640. The molecule has 0 aliphatic carbocycles. The third-order valence-electron chi connectivity index (χ3n) is 7.94. The highest BCUT2D eigenvalue weighted by atomic mass is 35.5. The smallest absolute Gasteiger partial charge is 0.321 e. The Balaban J connectivity index is 1.58. The van der Waals surface area contributed by atoms with E-state index in [2.05, 4.69) is 10.3 Å². The van der Waals surface area contributed by atoms with Crippen molar-refractivity contribution >= 4 is 56.5 Å². The molecule has 2 aromatic carbocycles. The number of thiazole rings is 1. The quantitative estimate of drug-likeness (QED) is 0.215. The van der Waals surface area contributed by atoms with E-state index >= 15 is 0 Å². The molecule has 10 nitrogen and oxygen atoms in total. The van der Waals surface area contributed by atoms with Gasteiger partial charge in [0, 0.05) is 36.6 Å². The highest BCUT2D eigenvalue weighted by Gasteiger charge is 2.40. The summed E-state index contributed by atoms with van der Waals surface area (Å²) in [5.41, 5.74) is 1.65. The van der Waals surface area contributed by atoms with Crippen molar-refractivity contribution in [2.75, 3.05) is 26.2 Å². The zero-order valence-corrected chi connectivity index (χ0v) is 30.4. The van der Waals surface area contributed by atoms with Crippen LogP contribution in [0.2, 0.25) is 10.0 Å². The van der Waals surface area contributed by atoms with E-state index < -0.39 is 34.1 Å². The monoisotopic (exact) mass is 723 g/mol. The third kappa shape index (κ3) is 9.45. The minimum Gasteiger partial charge on any atom is -0.390 e. The third-order valence-corrected chi connectivity index (χ3v) is 11.3. The fraction of sp³-hybridized carbons (Fsp3) is 0.485. The molecule has 0 bridgehead atoms. The molecule has 47 heavy (non-hydrogen) atoms. The van der Waals surface area contributed by atoms with Gasteiger partial charge in [-0.1, -0.05) is 81.2 Å². The molecule has 0 spiro atoms. The Morgan fingerprint density at radius 1 is 1.09 bits per heavy atom. The lowest BCUT2D eigenvalue weighted by atomic mass is 9.97. The van der Waals surface area contributed by atoms with E-state index in [1.54, 1.807) is 9.80 Å². The van der Waals surface area contributed by atoms with Crippen LogP contribution in [0.1, 0.15) is 44.0 Å². The van der Waals surface area contributed by atoms with Crippen molar-refractivity contribution in [1.29, 1.82) is 0 Å². The highest BCUT2D eigenvalue weighted by molar-refractivity contribution is 7.89. The number of rotatable bonds is 15. The molecule has 0 radical (unpaired) electrons. The van der Waals surface area contributed by atoms with Crippen LogP contribution < -0.4 is 5.32 Å². The van der Waals surface area contributed by atoms with Crippen LogP contribution in [0.4, 0.5) is 4.79 Å². The van der Waals surface area contributed by atoms with Crippen LogP contribution in [0, 0.1) is 18.8 Å². The molecule has 14 heteroatoms. The number of aryl methyl sites for hydroxylation is 1. The summed E-state index contributed by atoms with van der Waals surface area (Å²) in [5, 5.41) is 17.8. The Kier molecular flexibility index (Phi) is 12.7. The van der Waals surface area contributed by atoms with Crippen LogP contribution in [0.25, 0.3) is 0 Å². The fourth-order valence-corrected chi connectivity index (χ4v) is 8.72. The average molecular weight is 725 g/mol. The molecule has 1 fully saturated rings. The van der Waals surface area contributed by atoms with Crippen molar-refractivity contribution in [1.82, 2.24) is 24.4 Å². The van der Waals surface area contributed by atoms with Crippen LogP contribution in [0.3, 0.4) is 0 Å². The first-order valence-electron chi connectivity index (χ1n) is 15.6. The van der Waals surface area contributed by atoms with E-state index in [-0.39, 0.29) is 47.3 Å². The maximum atomic E-state index is 14.0. The SMILES string of the molecule is Cc1nc(CN2CCN([C@H](C(=O)N[C@@H](Cc3ccccc3)[C@@H](O)CN(CC(C)C)S(=O)(=O)c3ccc(Cl)cc3Cl)C(C)C)C2=O)cs1. The number of urea groups is 1. The molecule has 2 N–H and O–H groups in total. The van der Waals surface area contributed by atoms with Gasteiger partial charge in [0.1, 0.15) is 10.9 Å². The van der Waals surface area contributed by atoms with Crippen molar-refractivity contribution < 1.29 is 23.1 Å². The van der Waals surface area contributed by atoms with Gasteiger partial charge in [0.05, 0.1) is 34.4 Å². The van der Waals surface area contributed by atoms with Gasteiger partial charge in [0.2, 0.25) is 15.9 Å². The molecule has 3 amide bonds. The summed E-state index contributed by atoms with van der Waals surface area (Å²) in [5.74, 6) is -0.730. The maximum Gasteiger partial charge on any atom is 0.321 e. The van der Waals surface area contributed by atoms with Crippen molar-refractivity contribution in [3.05, 3.63) is 80.2 Å². The van der Waals surface area contributed by atoms with E-state index in [0.29, 0.717) is 24.7 Å². The number of hydrogen-bond donors (Lipinski definition) is 2. The number of aromatic nitrogens is 1. The predicted molar refractivity (Wildman–Crippen MR) is 186 cm³/mol. The minimum atomic E-state index is -4.15. The summed E-state index contributed by atoms with van der Waals surface area (Å²) in [6.45, 7) is 10.4. The molecule has 1 aliphatic rings. The Labute approximate surface area is 291 Å². The lowest BCUT2D eigenvalue weighted by Gasteiger charge is -2.34. The number of nitrogens with one attached hydrogen (secondary N) is 1.